The number of hydrogen-bond donors (Lipinski definition) is 2. The highest BCUT2D eigenvalue weighted by molar-refractivity contribution is 5.94. The predicted octanol–water partition coefficient (Wildman–Crippen LogP) is 3.40. The van der Waals surface area contributed by atoms with Gasteiger partial charge in [0.15, 0.2) is 12.0 Å². The first-order valence-corrected chi connectivity index (χ1v) is 10.1. The number of nitrogens with one attached hydrogen (secondary N) is 2. The van der Waals surface area contributed by atoms with Crippen molar-refractivity contribution in [3.05, 3.63) is 60.8 Å². The molecule has 8 nitrogen and oxygen atoms in total. The molecule has 3 heterocycles. The maximum absolute atomic E-state index is 12.3. The Kier molecular flexibility index (Phi) is 8.03. The highest BCUT2D eigenvalue weighted by atomic mass is 16.3. The van der Waals surface area contributed by atoms with Gasteiger partial charge in [-0.05, 0) is 55.9 Å². The number of hydrogen-bond acceptors (Lipinski definition) is 5. The second kappa shape index (κ2) is 11.4. The number of carbonyl (C=O) groups excluding carboxylic acids is 1. The third kappa shape index (κ3) is 6.48. The summed E-state index contributed by atoms with van der Waals surface area (Å²) in [5.74, 6) is 1.42. The molecule has 1 saturated heterocycles. The second-order valence-electron chi connectivity index (χ2n) is 7.05. The molecular formula is C22H26N6O2. The monoisotopic (exact) mass is 406 g/mol. The molecule has 1 aliphatic rings. The average Bonchev–Trinajstić information content (AvgIpc) is 3.32. The Hall–Kier alpha value is -3.60. The van der Waals surface area contributed by atoms with Crippen LogP contribution in [0.5, 0.6) is 0 Å². The zero-order valence-electron chi connectivity index (χ0n) is 16.8. The largest absolute Gasteiger partial charge is 0.459 e. The number of guanidine groups is 1. The first-order valence-electron chi connectivity index (χ1n) is 10.1. The van der Waals surface area contributed by atoms with Crippen molar-refractivity contribution < 1.29 is 9.21 Å². The molecule has 1 aliphatic heterocycles. The number of rotatable bonds is 7. The van der Waals surface area contributed by atoms with E-state index >= 15 is 0 Å². The summed E-state index contributed by atoms with van der Waals surface area (Å²) in [4.78, 5) is 22.5. The molecule has 2 aromatic rings. The van der Waals surface area contributed by atoms with Crippen LogP contribution in [0.2, 0.25) is 0 Å². The van der Waals surface area contributed by atoms with Gasteiger partial charge in [0.05, 0.1) is 24.7 Å². The van der Waals surface area contributed by atoms with Gasteiger partial charge in [-0.2, -0.15) is 5.26 Å². The lowest BCUT2D eigenvalue weighted by molar-refractivity contribution is 0.0655. The van der Waals surface area contributed by atoms with Crippen molar-refractivity contribution in [2.45, 2.75) is 25.7 Å². The molecule has 0 unspecified atom stereocenters. The van der Waals surface area contributed by atoms with E-state index in [1.54, 1.807) is 24.5 Å². The van der Waals surface area contributed by atoms with Gasteiger partial charge in [0.2, 0.25) is 5.96 Å². The van der Waals surface area contributed by atoms with Crippen molar-refractivity contribution in [2.75, 3.05) is 25.0 Å². The van der Waals surface area contributed by atoms with E-state index in [1.807, 2.05) is 29.3 Å². The smallest absolute Gasteiger partial charge is 0.289 e. The Morgan fingerprint density at radius 2 is 2.20 bits per heavy atom. The molecule has 0 spiro atoms. The van der Waals surface area contributed by atoms with Gasteiger partial charge in [0.25, 0.3) is 5.91 Å². The Bertz CT molecular complexity index is 878. The normalized spacial score (nSPS) is 15.2. The van der Waals surface area contributed by atoms with Crippen LogP contribution in [0.15, 0.2) is 64.5 Å². The number of nitriles is 1. The highest BCUT2D eigenvalue weighted by Crippen LogP contribution is 2.23. The van der Waals surface area contributed by atoms with Crippen LogP contribution in [-0.4, -0.2) is 41.4 Å². The lowest BCUT2D eigenvalue weighted by atomic mass is 9.92. The van der Waals surface area contributed by atoms with Gasteiger partial charge in [-0.25, -0.2) is 4.99 Å². The number of pyridine rings is 1. The minimum atomic E-state index is -0.0158. The van der Waals surface area contributed by atoms with Crippen LogP contribution in [-0.2, 0) is 0 Å². The summed E-state index contributed by atoms with van der Waals surface area (Å²) in [6.45, 7) is 2.04. The van der Waals surface area contributed by atoms with Gasteiger partial charge in [-0.15, -0.1) is 0 Å². The second-order valence-corrected chi connectivity index (χ2v) is 7.05. The van der Waals surface area contributed by atoms with Gasteiger partial charge >= 0.3 is 0 Å². The minimum absolute atomic E-state index is 0.0158. The van der Waals surface area contributed by atoms with Crippen LogP contribution in [0.1, 0.15) is 36.2 Å². The molecule has 0 atom stereocenters. The van der Waals surface area contributed by atoms with E-state index in [9.17, 15) is 4.79 Å². The van der Waals surface area contributed by atoms with E-state index in [0.717, 1.165) is 44.5 Å². The third-order valence-corrected chi connectivity index (χ3v) is 5.00. The van der Waals surface area contributed by atoms with Crippen molar-refractivity contribution in [1.29, 1.82) is 5.26 Å². The molecule has 30 heavy (non-hydrogen) atoms. The van der Waals surface area contributed by atoms with Crippen molar-refractivity contribution in [3.63, 3.8) is 0 Å². The molecule has 2 N–H and O–H groups in total. The molecule has 0 aromatic carbocycles. The predicted molar refractivity (Wildman–Crippen MR) is 115 cm³/mol. The summed E-state index contributed by atoms with van der Waals surface area (Å²) in [5.41, 5.74) is 0.764. The summed E-state index contributed by atoms with van der Waals surface area (Å²) in [7, 11) is 0. The number of nitrogens with zero attached hydrogens (tertiary/aromatic N) is 4. The quantitative estimate of drug-likeness (QED) is 0.240. The standard InChI is InChI=1S/C22H26N6O2/c23-17-26-22(27-19-7-4-11-24-16-19)25-12-3-1-2-6-18-9-13-28(14-10-18)21(29)20-8-5-15-30-20/h1,3-5,7-8,11,15-16,18H,2,6,9-10,12-14H2,(H2,25,26,27)/b3-1+. The molecule has 0 aliphatic carbocycles. The molecule has 2 aromatic heterocycles. The molecule has 1 amide bonds. The lowest BCUT2D eigenvalue weighted by Crippen LogP contribution is -2.38. The SMILES string of the molecule is N#CNC(=NC/C=C/CCC1CCN(C(=O)c2ccco2)CC1)Nc1cccnc1. The van der Waals surface area contributed by atoms with Crippen molar-refractivity contribution in [3.8, 4) is 6.19 Å². The molecule has 0 saturated carbocycles. The number of allylic oxidation sites excluding steroid dienone is 1. The topological polar surface area (TPSA) is 107 Å². The van der Waals surface area contributed by atoms with Gasteiger partial charge in [0.1, 0.15) is 0 Å². The third-order valence-electron chi connectivity index (χ3n) is 5.00. The zero-order valence-corrected chi connectivity index (χ0v) is 16.8. The Labute approximate surface area is 176 Å². The number of anilines is 1. The first kappa shape index (κ1) is 21.1. The van der Waals surface area contributed by atoms with Gasteiger partial charge < -0.3 is 14.6 Å². The number of piperidine rings is 1. The molecule has 0 radical (unpaired) electrons. The van der Waals surface area contributed by atoms with E-state index in [1.165, 1.54) is 6.26 Å². The van der Waals surface area contributed by atoms with Crippen molar-refractivity contribution in [2.24, 2.45) is 10.9 Å². The Morgan fingerprint density at radius 3 is 2.90 bits per heavy atom. The minimum Gasteiger partial charge on any atom is -0.459 e. The molecule has 8 heteroatoms. The van der Waals surface area contributed by atoms with Crippen LogP contribution in [0.4, 0.5) is 5.69 Å². The Balaban J connectivity index is 1.35. The van der Waals surface area contributed by atoms with Gasteiger partial charge in [-0.3, -0.25) is 15.1 Å². The van der Waals surface area contributed by atoms with Crippen LogP contribution in [0.25, 0.3) is 0 Å². The molecule has 1 fully saturated rings. The molecule has 0 bridgehead atoms. The fraction of sp³-hybridized carbons (Fsp3) is 0.364. The van der Waals surface area contributed by atoms with Gasteiger partial charge in [-0.1, -0.05) is 12.2 Å². The maximum atomic E-state index is 12.3. The van der Waals surface area contributed by atoms with Crippen molar-refractivity contribution in [1.82, 2.24) is 15.2 Å². The summed E-state index contributed by atoms with van der Waals surface area (Å²) in [6.07, 6.45) is 15.0. The number of furan rings is 1. The van der Waals surface area contributed by atoms with Crippen molar-refractivity contribution >= 4 is 17.6 Å². The van der Waals surface area contributed by atoms with E-state index < -0.39 is 0 Å². The number of aromatic nitrogens is 1. The molecule has 3 rings (SSSR count). The fourth-order valence-electron chi connectivity index (χ4n) is 3.39. The van der Waals surface area contributed by atoms with Crippen LogP contribution < -0.4 is 10.6 Å². The first-order chi connectivity index (χ1) is 14.8. The lowest BCUT2D eigenvalue weighted by Gasteiger charge is -2.31. The maximum Gasteiger partial charge on any atom is 0.289 e. The van der Waals surface area contributed by atoms with E-state index in [-0.39, 0.29) is 5.91 Å². The Morgan fingerprint density at radius 1 is 1.33 bits per heavy atom. The number of aliphatic imine (C=N–C) groups is 1. The molecule has 156 valence electrons. The molecular weight excluding hydrogens is 380 g/mol. The summed E-state index contributed by atoms with van der Waals surface area (Å²) in [6, 6.07) is 7.12. The van der Waals surface area contributed by atoms with Crippen LogP contribution >= 0.6 is 0 Å². The zero-order chi connectivity index (χ0) is 21.0. The fourth-order valence-corrected chi connectivity index (χ4v) is 3.39. The number of amides is 1. The highest BCUT2D eigenvalue weighted by Gasteiger charge is 2.24. The van der Waals surface area contributed by atoms with E-state index in [2.05, 4.69) is 26.7 Å². The number of likely N-dealkylation sites (tertiary alicyclic amines) is 1. The van der Waals surface area contributed by atoms with Crippen LogP contribution in [0.3, 0.4) is 0 Å². The number of carbonyl (C=O) groups is 1. The summed E-state index contributed by atoms with van der Waals surface area (Å²) >= 11 is 0. The average molecular weight is 406 g/mol. The van der Waals surface area contributed by atoms with Crippen LogP contribution in [0, 0.1) is 17.4 Å². The van der Waals surface area contributed by atoms with E-state index in [4.69, 9.17) is 9.68 Å². The van der Waals surface area contributed by atoms with Gasteiger partial charge in [0, 0.05) is 19.3 Å². The summed E-state index contributed by atoms with van der Waals surface area (Å²) < 4.78 is 5.20. The summed E-state index contributed by atoms with van der Waals surface area (Å²) in [5, 5.41) is 14.4. The van der Waals surface area contributed by atoms with E-state index in [0.29, 0.717) is 24.2 Å².